The Kier molecular flexibility index (Phi) is 5.41. The predicted octanol–water partition coefficient (Wildman–Crippen LogP) is 1.96. The van der Waals surface area contributed by atoms with Crippen molar-refractivity contribution in [2.24, 2.45) is 0 Å². The molecule has 0 bridgehead atoms. The van der Waals surface area contributed by atoms with Crippen LogP contribution in [0.3, 0.4) is 0 Å². The van der Waals surface area contributed by atoms with Gasteiger partial charge < -0.3 is 10.2 Å². The summed E-state index contributed by atoms with van der Waals surface area (Å²) in [4.78, 5) is 3.66. The molecule has 68 valence electrons. The maximum atomic E-state index is 8.86. The van der Waals surface area contributed by atoms with E-state index < -0.39 is 0 Å². The number of aromatic hydroxyl groups is 1. The van der Waals surface area contributed by atoms with Crippen molar-refractivity contribution in [2.75, 3.05) is 0 Å². The lowest BCUT2D eigenvalue weighted by Gasteiger charge is -1.96. The van der Waals surface area contributed by atoms with Crippen molar-refractivity contribution in [1.29, 1.82) is 0 Å². The Labute approximate surface area is 76.6 Å². The van der Waals surface area contributed by atoms with Crippen LogP contribution in [-0.2, 0) is 6.61 Å². The van der Waals surface area contributed by atoms with Gasteiger partial charge in [-0.2, -0.15) is 0 Å². The van der Waals surface area contributed by atoms with Crippen molar-refractivity contribution in [1.82, 2.24) is 4.98 Å². The Hall–Kier alpha value is -0.800. The van der Waals surface area contributed by atoms with E-state index in [0.29, 0.717) is 5.69 Å². The van der Waals surface area contributed by atoms with Crippen molar-refractivity contribution >= 4 is 11.6 Å². The molecule has 0 aliphatic heterocycles. The molecule has 1 aromatic rings. The first-order chi connectivity index (χ1) is 5.74. The first-order valence-electron chi connectivity index (χ1n) is 3.69. The van der Waals surface area contributed by atoms with Gasteiger partial charge in [0.05, 0.1) is 12.3 Å². The molecule has 12 heavy (non-hydrogen) atoms. The second kappa shape index (κ2) is 5.80. The summed E-state index contributed by atoms with van der Waals surface area (Å²) in [5.41, 5.74) is 0.447. The fourth-order valence-electron chi connectivity index (χ4n) is 0.553. The minimum Gasteiger partial charge on any atom is -0.505 e. The number of pyridine rings is 1. The number of aliphatic hydroxyl groups is 1. The minimum atomic E-state index is -0.167. The molecule has 0 saturated heterocycles. The van der Waals surface area contributed by atoms with Gasteiger partial charge in [0.2, 0.25) is 0 Å². The third-order valence-electron chi connectivity index (χ3n) is 1.05. The maximum absolute atomic E-state index is 8.86. The van der Waals surface area contributed by atoms with Gasteiger partial charge in [-0.1, -0.05) is 25.4 Å². The molecule has 0 aromatic carbocycles. The second-order valence-electron chi connectivity index (χ2n) is 1.77. The van der Waals surface area contributed by atoms with Crippen molar-refractivity contribution < 1.29 is 10.2 Å². The molecule has 1 aromatic heterocycles. The Morgan fingerprint density at radius 3 is 2.42 bits per heavy atom. The maximum Gasteiger partial charge on any atom is 0.171 e. The fraction of sp³-hybridized carbons (Fsp3) is 0.375. The molecule has 0 amide bonds. The average Bonchev–Trinajstić information content (AvgIpc) is 2.13. The van der Waals surface area contributed by atoms with E-state index in [0.717, 1.165) is 0 Å². The normalized spacial score (nSPS) is 8.67. The molecule has 0 saturated carbocycles. The summed E-state index contributed by atoms with van der Waals surface area (Å²) in [6.07, 6.45) is 0. The van der Waals surface area contributed by atoms with Gasteiger partial charge in [0, 0.05) is 0 Å². The van der Waals surface area contributed by atoms with Crippen LogP contribution < -0.4 is 0 Å². The van der Waals surface area contributed by atoms with Crippen LogP contribution in [-0.4, -0.2) is 15.2 Å². The molecule has 0 aliphatic rings. The fourth-order valence-corrected chi connectivity index (χ4v) is 0.724. The highest BCUT2D eigenvalue weighted by atomic mass is 35.5. The lowest BCUT2D eigenvalue weighted by atomic mass is 10.3. The quantitative estimate of drug-likeness (QED) is 0.664. The van der Waals surface area contributed by atoms with Crippen molar-refractivity contribution in [3.63, 3.8) is 0 Å². The van der Waals surface area contributed by atoms with Gasteiger partial charge in [0.1, 0.15) is 0 Å². The zero-order chi connectivity index (χ0) is 9.56. The van der Waals surface area contributed by atoms with Gasteiger partial charge in [-0.05, 0) is 12.1 Å². The average molecular weight is 190 g/mol. The number of rotatable bonds is 1. The first-order valence-corrected chi connectivity index (χ1v) is 4.07. The van der Waals surface area contributed by atoms with Crippen LogP contribution in [0.4, 0.5) is 0 Å². The van der Waals surface area contributed by atoms with Crippen LogP contribution in [0.5, 0.6) is 5.75 Å². The molecule has 0 unspecified atom stereocenters. The molecule has 0 spiro atoms. The molecule has 4 heteroatoms. The molecule has 0 aliphatic carbocycles. The molecule has 1 rings (SSSR count). The Balaban J connectivity index is 0.000000561. The van der Waals surface area contributed by atoms with Crippen LogP contribution in [0.1, 0.15) is 19.5 Å². The second-order valence-corrected chi connectivity index (χ2v) is 2.13. The Bertz CT molecular complexity index is 240. The highest BCUT2D eigenvalue weighted by molar-refractivity contribution is 6.30. The van der Waals surface area contributed by atoms with E-state index in [1.807, 2.05) is 13.8 Å². The standard InChI is InChI=1S/C6H6ClNO2.C2H6/c7-6-5(10)2-1-4(3-9)8-6;1-2/h1-2,9-10H,3H2;1-2H3. The van der Waals surface area contributed by atoms with Crippen LogP contribution in [0, 0.1) is 0 Å². The van der Waals surface area contributed by atoms with E-state index in [4.69, 9.17) is 21.8 Å². The molecule has 3 nitrogen and oxygen atoms in total. The molecule has 0 atom stereocenters. The summed E-state index contributed by atoms with van der Waals surface area (Å²) in [6, 6.07) is 2.89. The first kappa shape index (κ1) is 11.2. The van der Waals surface area contributed by atoms with Gasteiger partial charge >= 0.3 is 0 Å². The SMILES string of the molecule is CC.OCc1ccc(O)c(Cl)n1. The van der Waals surface area contributed by atoms with Gasteiger partial charge in [0.15, 0.2) is 10.9 Å². The Morgan fingerprint density at radius 2 is 2.00 bits per heavy atom. The zero-order valence-corrected chi connectivity index (χ0v) is 7.84. The number of aliphatic hydroxyl groups excluding tert-OH is 1. The lowest BCUT2D eigenvalue weighted by Crippen LogP contribution is -1.87. The third kappa shape index (κ3) is 3.07. The summed E-state index contributed by atoms with van der Waals surface area (Å²) >= 11 is 5.42. The van der Waals surface area contributed by atoms with Crippen LogP contribution in [0.15, 0.2) is 12.1 Å². The Morgan fingerprint density at radius 1 is 1.42 bits per heavy atom. The minimum absolute atomic E-state index is 0.0200. The summed E-state index contributed by atoms with van der Waals surface area (Å²) < 4.78 is 0. The lowest BCUT2D eigenvalue weighted by molar-refractivity contribution is 0.276. The number of halogens is 1. The summed E-state index contributed by atoms with van der Waals surface area (Å²) in [7, 11) is 0. The van der Waals surface area contributed by atoms with E-state index in [9.17, 15) is 0 Å². The molecule has 0 fully saturated rings. The van der Waals surface area contributed by atoms with Crippen LogP contribution >= 0.6 is 11.6 Å². The number of hydrogen-bond acceptors (Lipinski definition) is 3. The monoisotopic (exact) mass is 189 g/mol. The molecular formula is C8H12ClNO2. The summed E-state index contributed by atoms with van der Waals surface area (Å²) in [5, 5.41) is 17.4. The van der Waals surface area contributed by atoms with Crippen molar-refractivity contribution in [2.45, 2.75) is 20.5 Å². The van der Waals surface area contributed by atoms with E-state index in [-0.39, 0.29) is 17.5 Å². The number of hydrogen-bond donors (Lipinski definition) is 2. The smallest absolute Gasteiger partial charge is 0.171 e. The molecule has 2 N–H and O–H groups in total. The van der Waals surface area contributed by atoms with E-state index in [1.54, 1.807) is 0 Å². The van der Waals surface area contributed by atoms with E-state index in [2.05, 4.69) is 4.98 Å². The van der Waals surface area contributed by atoms with E-state index in [1.165, 1.54) is 12.1 Å². The molecule has 0 radical (unpaired) electrons. The summed E-state index contributed by atoms with van der Waals surface area (Å²) in [6.45, 7) is 3.83. The zero-order valence-electron chi connectivity index (χ0n) is 7.08. The predicted molar refractivity (Wildman–Crippen MR) is 48.2 cm³/mol. The topological polar surface area (TPSA) is 53.4 Å². The third-order valence-corrected chi connectivity index (χ3v) is 1.33. The highest BCUT2D eigenvalue weighted by Gasteiger charge is 1.98. The van der Waals surface area contributed by atoms with Gasteiger partial charge in [-0.3, -0.25) is 0 Å². The molecule has 1 heterocycles. The van der Waals surface area contributed by atoms with Gasteiger partial charge in [-0.25, -0.2) is 4.98 Å². The highest BCUT2D eigenvalue weighted by Crippen LogP contribution is 2.19. The van der Waals surface area contributed by atoms with E-state index >= 15 is 0 Å². The number of nitrogens with zero attached hydrogens (tertiary/aromatic N) is 1. The largest absolute Gasteiger partial charge is 0.505 e. The van der Waals surface area contributed by atoms with Crippen LogP contribution in [0.2, 0.25) is 5.15 Å². The van der Waals surface area contributed by atoms with Crippen molar-refractivity contribution in [3.05, 3.63) is 23.0 Å². The summed E-state index contributed by atoms with van der Waals surface area (Å²) in [5.74, 6) is -0.0705. The molecular weight excluding hydrogens is 178 g/mol. The van der Waals surface area contributed by atoms with Crippen LogP contribution in [0.25, 0.3) is 0 Å². The van der Waals surface area contributed by atoms with Crippen molar-refractivity contribution in [3.8, 4) is 5.75 Å². The van der Waals surface area contributed by atoms with Gasteiger partial charge in [-0.15, -0.1) is 0 Å². The number of aromatic nitrogens is 1. The van der Waals surface area contributed by atoms with Gasteiger partial charge in [0.25, 0.3) is 0 Å².